The normalized spacial score (nSPS) is 28.2. The highest BCUT2D eigenvalue weighted by molar-refractivity contribution is 5.09. The van der Waals surface area contributed by atoms with Crippen LogP contribution in [0, 0.1) is 11.8 Å². The van der Waals surface area contributed by atoms with E-state index in [0.717, 1.165) is 17.9 Å². The molecule has 1 aromatic rings. The first-order chi connectivity index (χ1) is 7.20. The Bertz CT molecular complexity index is 321. The van der Waals surface area contributed by atoms with Crippen molar-refractivity contribution >= 4 is 0 Å². The molecule has 1 aliphatic carbocycles. The van der Waals surface area contributed by atoms with Gasteiger partial charge in [0.15, 0.2) is 0 Å². The molecule has 1 fully saturated rings. The summed E-state index contributed by atoms with van der Waals surface area (Å²) in [5.41, 5.74) is 0.972. The lowest BCUT2D eigenvalue weighted by atomic mass is 9.95. The minimum Gasteiger partial charge on any atom is -0.388 e. The zero-order valence-corrected chi connectivity index (χ0v) is 9.56. The van der Waals surface area contributed by atoms with Gasteiger partial charge in [-0.25, -0.2) is 0 Å². The number of aromatic nitrogens is 2. The van der Waals surface area contributed by atoms with Gasteiger partial charge in [0.2, 0.25) is 0 Å². The van der Waals surface area contributed by atoms with Crippen molar-refractivity contribution < 1.29 is 5.11 Å². The van der Waals surface area contributed by atoms with Gasteiger partial charge in [-0.1, -0.05) is 19.8 Å². The standard InChI is InChI=1S/C12H20N2O/c1-3-9-4-5-10(6-9)12(15)11-7-13-14(2)8-11/h7-10,12,15H,3-6H2,1-2H3. The molecule has 2 rings (SSSR count). The van der Waals surface area contributed by atoms with Crippen LogP contribution in [0.5, 0.6) is 0 Å². The van der Waals surface area contributed by atoms with Gasteiger partial charge in [0.05, 0.1) is 12.3 Å². The van der Waals surface area contributed by atoms with E-state index in [-0.39, 0.29) is 6.10 Å². The van der Waals surface area contributed by atoms with Crippen molar-refractivity contribution in [1.29, 1.82) is 0 Å². The molecule has 0 aliphatic heterocycles. The van der Waals surface area contributed by atoms with Crippen LogP contribution in [-0.2, 0) is 7.05 Å². The monoisotopic (exact) mass is 208 g/mol. The van der Waals surface area contributed by atoms with Crippen LogP contribution in [0.2, 0.25) is 0 Å². The van der Waals surface area contributed by atoms with Crippen LogP contribution in [-0.4, -0.2) is 14.9 Å². The molecule has 15 heavy (non-hydrogen) atoms. The zero-order chi connectivity index (χ0) is 10.8. The van der Waals surface area contributed by atoms with E-state index in [0.29, 0.717) is 5.92 Å². The van der Waals surface area contributed by atoms with Gasteiger partial charge in [0.1, 0.15) is 0 Å². The molecule has 0 aromatic carbocycles. The minimum atomic E-state index is -0.310. The van der Waals surface area contributed by atoms with Crippen molar-refractivity contribution in [2.75, 3.05) is 0 Å². The SMILES string of the molecule is CCC1CCC(C(O)c2cnn(C)c2)C1. The van der Waals surface area contributed by atoms with Crippen molar-refractivity contribution in [1.82, 2.24) is 9.78 Å². The summed E-state index contributed by atoms with van der Waals surface area (Å²) in [4.78, 5) is 0. The Morgan fingerprint density at radius 1 is 1.60 bits per heavy atom. The highest BCUT2D eigenvalue weighted by atomic mass is 16.3. The Labute approximate surface area is 91.1 Å². The van der Waals surface area contributed by atoms with Crippen LogP contribution in [0.3, 0.4) is 0 Å². The minimum absolute atomic E-state index is 0.310. The van der Waals surface area contributed by atoms with E-state index >= 15 is 0 Å². The van der Waals surface area contributed by atoms with Crippen LogP contribution in [0.4, 0.5) is 0 Å². The third-order valence-electron chi connectivity index (χ3n) is 3.67. The lowest BCUT2D eigenvalue weighted by molar-refractivity contribution is 0.109. The fourth-order valence-electron chi connectivity index (χ4n) is 2.64. The topological polar surface area (TPSA) is 38.1 Å². The first-order valence-electron chi connectivity index (χ1n) is 5.87. The van der Waals surface area contributed by atoms with Gasteiger partial charge in [-0.05, 0) is 24.7 Å². The Morgan fingerprint density at radius 2 is 2.40 bits per heavy atom. The molecule has 3 unspecified atom stereocenters. The molecule has 1 aromatic heterocycles. The predicted molar refractivity (Wildman–Crippen MR) is 59.3 cm³/mol. The van der Waals surface area contributed by atoms with Gasteiger partial charge in [0.25, 0.3) is 0 Å². The van der Waals surface area contributed by atoms with Gasteiger partial charge in [-0.3, -0.25) is 4.68 Å². The van der Waals surface area contributed by atoms with Gasteiger partial charge in [-0.2, -0.15) is 5.10 Å². The van der Waals surface area contributed by atoms with E-state index in [2.05, 4.69) is 12.0 Å². The van der Waals surface area contributed by atoms with E-state index in [1.165, 1.54) is 19.3 Å². The summed E-state index contributed by atoms with van der Waals surface area (Å²) in [6, 6.07) is 0. The molecule has 0 radical (unpaired) electrons. The summed E-state index contributed by atoms with van der Waals surface area (Å²) in [6.45, 7) is 2.24. The van der Waals surface area contributed by atoms with Gasteiger partial charge >= 0.3 is 0 Å². The molecule has 0 bridgehead atoms. The van der Waals surface area contributed by atoms with Gasteiger partial charge in [0, 0.05) is 18.8 Å². The molecule has 84 valence electrons. The third-order valence-corrected chi connectivity index (χ3v) is 3.67. The van der Waals surface area contributed by atoms with Crippen molar-refractivity contribution in [3.8, 4) is 0 Å². The highest BCUT2D eigenvalue weighted by Crippen LogP contribution is 2.40. The van der Waals surface area contributed by atoms with E-state index in [4.69, 9.17) is 0 Å². The second kappa shape index (κ2) is 4.35. The number of aliphatic hydroxyl groups is 1. The van der Waals surface area contributed by atoms with Gasteiger partial charge in [-0.15, -0.1) is 0 Å². The molecule has 3 heteroatoms. The molecule has 3 atom stereocenters. The molecule has 1 saturated carbocycles. The Morgan fingerprint density at radius 3 is 2.93 bits per heavy atom. The second-order valence-electron chi connectivity index (χ2n) is 4.74. The molecule has 1 heterocycles. The van der Waals surface area contributed by atoms with E-state index < -0.39 is 0 Å². The molecule has 0 spiro atoms. The highest BCUT2D eigenvalue weighted by Gasteiger charge is 2.30. The average Bonchev–Trinajstić information content (AvgIpc) is 2.84. The number of hydrogen-bond acceptors (Lipinski definition) is 2. The largest absolute Gasteiger partial charge is 0.388 e. The Kier molecular flexibility index (Phi) is 3.10. The molecule has 0 saturated heterocycles. The van der Waals surface area contributed by atoms with Crippen LogP contribution in [0.25, 0.3) is 0 Å². The van der Waals surface area contributed by atoms with Crippen LogP contribution in [0.1, 0.15) is 44.3 Å². The van der Waals surface area contributed by atoms with Crippen LogP contribution in [0.15, 0.2) is 12.4 Å². The molecular weight excluding hydrogens is 188 g/mol. The first-order valence-corrected chi connectivity index (χ1v) is 5.87. The van der Waals surface area contributed by atoms with Crippen molar-refractivity contribution in [2.24, 2.45) is 18.9 Å². The smallest absolute Gasteiger partial charge is 0.0848 e. The second-order valence-corrected chi connectivity index (χ2v) is 4.74. The number of aliphatic hydroxyl groups excluding tert-OH is 1. The summed E-state index contributed by atoms with van der Waals surface area (Å²) < 4.78 is 1.75. The fraction of sp³-hybridized carbons (Fsp3) is 0.750. The maximum atomic E-state index is 10.2. The predicted octanol–water partition coefficient (Wildman–Crippen LogP) is 2.28. The van der Waals surface area contributed by atoms with E-state index in [1.54, 1.807) is 10.9 Å². The third kappa shape index (κ3) is 2.23. The Hall–Kier alpha value is -0.830. The molecule has 1 aliphatic rings. The Balaban J connectivity index is 2.00. The van der Waals surface area contributed by atoms with Gasteiger partial charge < -0.3 is 5.11 Å². The molecule has 3 nitrogen and oxygen atoms in total. The quantitative estimate of drug-likeness (QED) is 0.827. The number of nitrogens with zero attached hydrogens (tertiary/aromatic N) is 2. The van der Waals surface area contributed by atoms with Crippen molar-refractivity contribution in [3.05, 3.63) is 18.0 Å². The average molecular weight is 208 g/mol. The summed E-state index contributed by atoms with van der Waals surface area (Å²) in [7, 11) is 1.89. The summed E-state index contributed by atoms with van der Waals surface area (Å²) in [5.74, 6) is 1.26. The van der Waals surface area contributed by atoms with Crippen molar-refractivity contribution in [3.63, 3.8) is 0 Å². The molecular formula is C12H20N2O. The number of aryl methyl sites for hydroxylation is 1. The van der Waals surface area contributed by atoms with E-state index in [1.807, 2.05) is 13.2 Å². The first kappa shape index (κ1) is 10.7. The maximum absolute atomic E-state index is 10.2. The lowest BCUT2D eigenvalue weighted by Gasteiger charge is -2.16. The van der Waals surface area contributed by atoms with Crippen LogP contribution < -0.4 is 0 Å². The number of hydrogen-bond donors (Lipinski definition) is 1. The van der Waals surface area contributed by atoms with E-state index in [9.17, 15) is 5.11 Å². The fourth-order valence-corrected chi connectivity index (χ4v) is 2.64. The number of rotatable bonds is 3. The van der Waals surface area contributed by atoms with Crippen LogP contribution >= 0.6 is 0 Å². The summed E-state index contributed by atoms with van der Waals surface area (Å²) in [5, 5.41) is 14.3. The molecule has 0 amide bonds. The molecule has 1 N–H and O–H groups in total. The lowest BCUT2D eigenvalue weighted by Crippen LogP contribution is -2.09. The summed E-state index contributed by atoms with van der Waals surface area (Å²) in [6.07, 6.45) is 8.25. The summed E-state index contributed by atoms with van der Waals surface area (Å²) >= 11 is 0. The van der Waals surface area contributed by atoms with Crippen molar-refractivity contribution in [2.45, 2.75) is 38.7 Å². The zero-order valence-electron chi connectivity index (χ0n) is 9.56. The maximum Gasteiger partial charge on any atom is 0.0848 e.